The van der Waals surface area contributed by atoms with Gasteiger partial charge in [-0.1, -0.05) is 0 Å². The largest absolute Gasteiger partial charge is 0.348 e. The molecule has 10 heteroatoms. The highest BCUT2D eigenvalue weighted by Gasteiger charge is 2.37. The molecule has 0 spiro atoms. The van der Waals surface area contributed by atoms with Crippen molar-refractivity contribution < 1.29 is 9.18 Å². The van der Waals surface area contributed by atoms with Crippen LogP contribution in [-0.4, -0.2) is 41.9 Å². The van der Waals surface area contributed by atoms with Crippen LogP contribution in [0.15, 0.2) is 49.1 Å². The summed E-state index contributed by atoms with van der Waals surface area (Å²) in [6, 6.07) is 9.38. The molecule has 32 heavy (non-hydrogen) atoms. The van der Waals surface area contributed by atoms with Crippen LogP contribution in [0.4, 0.5) is 4.39 Å². The van der Waals surface area contributed by atoms with E-state index in [2.05, 4.69) is 26.1 Å². The number of aromatic nitrogens is 5. The van der Waals surface area contributed by atoms with Crippen LogP contribution in [0.25, 0.3) is 15.7 Å². The van der Waals surface area contributed by atoms with Gasteiger partial charge in [0.05, 0.1) is 51.1 Å². The van der Waals surface area contributed by atoms with Crippen molar-refractivity contribution in [2.24, 2.45) is 0 Å². The summed E-state index contributed by atoms with van der Waals surface area (Å²) in [5.41, 5.74) is 3.65. The third-order valence-corrected chi connectivity index (χ3v) is 6.76. The summed E-state index contributed by atoms with van der Waals surface area (Å²) in [5, 5.41) is 14.2. The van der Waals surface area contributed by atoms with E-state index in [4.69, 9.17) is 0 Å². The maximum atomic E-state index is 13.7. The summed E-state index contributed by atoms with van der Waals surface area (Å²) >= 11 is 1.42. The molecule has 1 aromatic carbocycles. The van der Waals surface area contributed by atoms with E-state index in [9.17, 15) is 14.4 Å². The van der Waals surface area contributed by atoms with Crippen LogP contribution in [0.2, 0.25) is 0 Å². The molecule has 0 radical (unpaired) electrons. The van der Waals surface area contributed by atoms with Crippen LogP contribution in [-0.2, 0) is 6.42 Å². The average Bonchev–Trinajstić information content (AvgIpc) is 3.54. The molecule has 1 amide bonds. The minimum atomic E-state index is -0.507. The number of benzene rings is 1. The molecule has 6 rings (SSSR count). The molecular formula is C22H14FN7OS. The lowest BCUT2D eigenvalue weighted by Gasteiger charge is -2.33. The zero-order valence-electron chi connectivity index (χ0n) is 16.5. The lowest BCUT2D eigenvalue weighted by molar-refractivity contribution is 0.0692. The predicted molar refractivity (Wildman–Crippen MR) is 115 cm³/mol. The molecule has 0 saturated heterocycles. The van der Waals surface area contributed by atoms with Gasteiger partial charge in [-0.3, -0.25) is 4.79 Å². The number of hydrogen-bond donors (Lipinski definition) is 1. The first-order chi connectivity index (χ1) is 15.6. The van der Waals surface area contributed by atoms with Crippen molar-refractivity contribution in [3.05, 3.63) is 82.4 Å². The second-order valence-corrected chi connectivity index (χ2v) is 8.56. The highest BCUT2D eigenvalue weighted by Crippen LogP contribution is 2.38. The summed E-state index contributed by atoms with van der Waals surface area (Å²) < 4.78 is 16.1. The molecule has 5 heterocycles. The number of carbonyl (C=O) groups excluding carboxylic acids is 1. The average molecular weight is 443 g/mol. The minimum absolute atomic E-state index is 0.223. The number of pyridine rings is 1. The first-order valence-electron chi connectivity index (χ1n) is 9.89. The number of halogens is 1. The summed E-state index contributed by atoms with van der Waals surface area (Å²) in [4.78, 5) is 27.7. The van der Waals surface area contributed by atoms with Gasteiger partial charge in [-0.15, -0.1) is 11.3 Å². The molecule has 1 N–H and O–H groups in total. The molecule has 8 nitrogen and oxygen atoms in total. The Morgan fingerprint density at radius 2 is 2.22 bits per heavy atom. The van der Waals surface area contributed by atoms with Crippen molar-refractivity contribution in [3.63, 3.8) is 0 Å². The second kappa shape index (κ2) is 6.96. The minimum Gasteiger partial charge on any atom is -0.348 e. The highest BCUT2D eigenvalue weighted by molar-refractivity contribution is 7.18. The summed E-state index contributed by atoms with van der Waals surface area (Å²) in [7, 11) is 0. The Hall–Kier alpha value is -4.10. The second-order valence-electron chi connectivity index (χ2n) is 7.50. The Morgan fingerprint density at radius 3 is 3.09 bits per heavy atom. The first-order valence-corrected chi connectivity index (χ1v) is 10.7. The Morgan fingerprint density at radius 1 is 1.31 bits per heavy atom. The van der Waals surface area contributed by atoms with Gasteiger partial charge in [0, 0.05) is 30.9 Å². The topological polar surface area (TPSA) is 103 Å². The van der Waals surface area contributed by atoms with Crippen molar-refractivity contribution in [1.82, 2.24) is 29.5 Å². The van der Waals surface area contributed by atoms with Gasteiger partial charge in [-0.05, 0) is 24.3 Å². The summed E-state index contributed by atoms with van der Waals surface area (Å²) in [6.07, 6.45) is 5.42. The number of H-pyrrole nitrogens is 1. The van der Waals surface area contributed by atoms with E-state index in [1.165, 1.54) is 29.7 Å². The van der Waals surface area contributed by atoms with Gasteiger partial charge in [0.25, 0.3) is 5.91 Å². The third kappa shape index (κ3) is 2.79. The number of hydrogen-bond acceptors (Lipinski definition) is 6. The van der Waals surface area contributed by atoms with Gasteiger partial charge in [0.1, 0.15) is 16.9 Å². The Labute approximate surface area is 184 Å². The van der Waals surface area contributed by atoms with Crippen LogP contribution in [0, 0.1) is 17.1 Å². The number of nitriles is 1. The fourth-order valence-electron chi connectivity index (χ4n) is 4.15. The molecule has 0 fully saturated rings. The monoisotopic (exact) mass is 443 g/mol. The zero-order valence-corrected chi connectivity index (χ0v) is 17.3. The first kappa shape index (κ1) is 18.7. The zero-order chi connectivity index (χ0) is 21.8. The molecule has 1 aliphatic heterocycles. The van der Waals surface area contributed by atoms with Crippen LogP contribution in [0.5, 0.6) is 0 Å². The molecule has 4 aromatic heterocycles. The number of nitrogens with one attached hydrogen (secondary N) is 1. The standard InChI is InChI=1S/C22H14FN7OS/c23-13-1-2-18-16(8-13)28-21(32-18)20-19-15(25-11-26-19)4-5-29(20)22(31)14-10-27-30-6-3-12(9-24)7-17(14)30/h1-3,6-8,10-11,20H,4-5H2,(H,25,26)/t20-/m0/s1. The number of rotatable bonds is 2. The number of thiazole rings is 1. The quantitative estimate of drug-likeness (QED) is 0.450. The normalized spacial score (nSPS) is 15.8. The maximum Gasteiger partial charge on any atom is 0.258 e. The van der Waals surface area contributed by atoms with E-state index < -0.39 is 6.04 Å². The van der Waals surface area contributed by atoms with Gasteiger partial charge >= 0.3 is 0 Å². The van der Waals surface area contributed by atoms with Gasteiger partial charge < -0.3 is 9.88 Å². The van der Waals surface area contributed by atoms with Crippen molar-refractivity contribution >= 4 is 33.0 Å². The SMILES string of the molecule is N#Cc1ccn2ncc(C(=O)N3CCc4[nH]cnc4[C@H]3c3nc4cc(F)ccc4s3)c2c1. The summed E-state index contributed by atoms with van der Waals surface area (Å²) in [6.45, 7) is 0.457. The fourth-order valence-corrected chi connectivity index (χ4v) is 5.22. The smallest absolute Gasteiger partial charge is 0.258 e. The molecule has 5 aromatic rings. The van der Waals surface area contributed by atoms with E-state index in [0.29, 0.717) is 40.1 Å². The van der Waals surface area contributed by atoms with Crippen LogP contribution in [0.3, 0.4) is 0 Å². The van der Waals surface area contributed by atoms with Gasteiger partial charge in [-0.25, -0.2) is 18.9 Å². The molecule has 0 saturated carbocycles. The van der Waals surface area contributed by atoms with E-state index in [1.54, 1.807) is 40.1 Å². The number of imidazole rings is 1. The van der Waals surface area contributed by atoms with Gasteiger partial charge in [0.15, 0.2) is 0 Å². The Bertz CT molecular complexity index is 1560. The highest BCUT2D eigenvalue weighted by atomic mass is 32.1. The van der Waals surface area contributed by atoms with E-state index in [-0.39, 0.29) is 11.7 Å². The molecule has 0 unspecified atom stereocenters. The molecule has 0 aliphatic carbocycles. The van der Waals surface area contributed by atoms with E-state index in [1.807, 2.05) is 0 Å². The van der Waals surface area contributed by atoms with E-state index in [0.717, 1.165) is 16.1 Å². The number of aromatic amines is 1. The van der Waals surface area contributed by atoms with E-state index >= 15 is 0 Å². The lowest BCUT2D eigenvalue weighted by Crippen LogP contribution is -2.40. The number of amides is 1. The Balaban J connectivity index is 1.49. The fraction of sp³-hybridized carbons (Fsp3) is 0.136. The molecular weight excluding hydrogens is 429 g/mol. The number of nitrogens with zero attached hydrogens (tertiary/aromatic N) is 6. The Kier molecular flexibility index (Phi) is 4.06. The lowest BCUT2D eigenvalue weighted by atomic mass is 10.0. The number of fused-ring (bicyclic) bond motifs is 3. The van der Waals surface area contributed by atoms with Crippen molar-refractivity contribution in [3.8, 4) is 6.07 Å². The van der Waals surface area contributed by atoms with Crippen LogP contribution >= 0.6 is 11.3 Å². The van der Waals surface area contributed by atoms with Crippen LogP contribution < -0.4 is 0 Å². The third-order valence-electron chi connectivity index (χ3n) is 5.67. The van der Waals surface area contributed by atoms with Crippen LogP contribution in [0.1, 0.15) is 38.4 Å². The summed E-state index contributed by atoms with van der Waals surface area (Å²) in [5.74, 6) is -0.579. The van der Waals surface area contributed by atoms with Crippen molar-refractivity contribution in [2.45, 2.75) is 12.5 Å². The molecule has 0 bridgehead atoms. The van der Waals surface area contributed by atoms with Crippen molar-refractivity contribution in [1.29, 1.82) is 5.26 Å². The maximum absolute atomic E-state index is 13.7. The molecule has 1 aliphatic rings. The van der Waals surface area contributed by atoms with Gasteiger partial charge in [0.2, 0.25) is 0 Å². The van der Waals surface area contributed by atoms with Crippen molar-refractivity contribution in [2.75, 3.05) is 6.54 Å². The molecule has 1 atom stereocenters. The predicted octanol–water partition coefficient (Wildman–Crippen LogP) is 3.47. The number of carbonyl (C=O) groups is 1. The van der Waals surface area contributed by atoms with Gasteiger partial charge in [-0.2, -0.15) is 10.4 Å². The molecule has 156 valence electrons.